The van der Waals surface area contributed by atoms with Crippen molar-refractivity contribution in [3.63, 3.8) is 0 Å². The van der Waals surface area contributed by atoms with Gasteiger partial charge in [-0.1, -0.05) is 18.2 Å². The second-order valence-electron chi connectivity index (χ2n) is 5.98. The summed E-state index contributed by atoms with van der Waals surface area (Å²) < 4.78 is 6.90. The van der Waals surface area contributed by atoms with Gasteiger partial charge in [0.15, 0.2) is 0 Å². The Hall–Kier alpha value is -2.67. The van der Waals surface area contributed by atoms with Crippen LogP contribution in [0.5, 0.6) is 5.75 Å². The van der Waals surface area contributed by atoms with Gasteiger partial charge in [0.2, 0.25) is 0 Å². The normalized spacial score (nSPS) is 15.2. The van der Waals surface area contributed by atoms with E-state index < -0.39 is 0 Å². The van der Waals surface area contributed by atoms with E-state index in [9.17, 15) is 9.59 Å². The molecular formula is C18H22N4O3. The molecule has 1 aromatic carbocycles. The molecule has 0 aliphatic carbocycles. The molecule has 0 radical (unpaired) electrons. The lowest BCUT2D eigenvalue weighted by molar-refractivity contribution is 0.0612. The third-order valence-electron chi connectivity index (χ3n) is 4.26. The van der Waals surface area contributed by atoms with Crippen molar-refractivity contribution < 1.29 is 9.53 Å². The third-order valence-corrected chi connectivity index (χ3v) is 4.26. The van der Waals surface area contributed by atoms with Gasteiger partial charge in [0, 0.05) is 45.8 Å². The molecule has 3 rings (SSSR count). The number of rotatable bonds is 5. The number of piperazine rings is 1. The lowest BCUT2D eigenvalue weighted by atomic mass is 10.2. The average Bonchev–Trinajstić information content (AvgIpc) is 2.65. The molecule has 1 saturated heterocycles. The van der Waals surface area contributed by atoms with E-state index in [1.807, 2.05) is 30.3 Å². The van der Waals surface area contributed by atoms with Crippen molar-refractivity contribution in [1.29, 1.82) is 0 Å². The number of benzene rings is 1. The van der Waals surface area contributed by atoms with Crippen molar-refractivity contribution >= 4 is 5.91 Å². The average molecular weight is 342 g/mol. The first-order valence-corrected chi connectivity index (χ1v) is 8.37. The first-order chi connectivity index (χ1) is 12.1. The van der Waals surface area contributed by atoms with Crippen LogP contribution in [0.15, 0.2) is 47.3 Å². The minimum atomic E-state index is -0.222. The van der Waals surface area contributed by atoms with Gasteiger partial charge in [0.25, 0.3) is 11.5 Å². The molecule has 0 atom stereocenters. The second kappa shape index (κ2) is 7.94. The molecule has 0 spiro atoms. The molecule has 132 valence electrons. The fourth-order valence-corrected chi connectivity index (χ4v) is 2.76. The zero-order chi connectivity index (χ0) is 17.6. The van der Waals surface area contributed by atoms with E-state index in [0.29, 0.717) is 25.4 Å². The standard InChI is InChI=1S/C18H22N4O3/c1-20-17(23)8-7-16(19-20)18(24)22-11-9-21(10-12-22)13-14-25-15-5-3-2-4-6-15/h2-8H,9-14H2,1H3. The van der Waals surface area contributed by atoms with Crippen LogP contribution < -0.4 is 10.3 Å². The van der Waals surface area contributed by atoms with E-state index in [2.05, 4.69) is 10.00 Å². The van der Waals surface area contributed by atoms with Gasteiger partial charge in [-0.15, -0.1) is 0 Å². The number of carbonyl (C=O) groups is 1. The maximum atomic E-state index is 12.5. The Balaban J connectivity index is 1.45. The van der Waals surface area contributed by atoms with Crippen LogP contribution in [0.25, 0.3) is 0 Å². The van der Waals surface area contributed by atoms with E-state index in [1.54, 1.807) is 11.9 Å². The Bertz CT molecular complexity index is 767. The van der Waals surface area contributed by atoms with Crippen molar-refractivity contribution in [2.75, 3.05) is 39.3 Å². The van der Waals surface area contributed by atoms with Crippen LogP contribution in [0.4, 0.5) is 0 Å². The molecule has 0 N–H and O–H groups in total. The summed E-state index contributed by atoms with van der Waals surface area (Å²) in [7, 11) is 1.55. The monoisotopic (exact) mass is 342 g/mol. The molecule has 1 aliphatic heterocycles. The van der Waals surface area contributed by atoms with E-state index >= 15 is 0 Å². The molecule has 25 heavy (non-hydrogen) atoms. The number of nitrogens with zero attached hydrogens (tertiary/aromatic N) is 4. The molecular weight excluding hydrogens is 320 g/mol. The molecule has 2 aromatic rings. The Morgan fingerprint density at radius 2 is 1.80 bits per heavy atom. The minimum absolute atomic E-state index is 0.129. The number of ether oxygens (including phenoxy) is 1. The van der Waals surface area contributed by atoms with Crippen molar-refractivity contribution in [3.8, 4) is 5.75 Å². The highest BCUT2D eigenvalue weighted by Gasteiger charge is 2.23. The van der Waals surface area contributed by atoms with E-state index in [4.69, 9.17) is 4.74 Å². The molecule has 1 amide bonds. The van der Waals surface area contributed by atoms with Crippen molar-refractivity contribution in [3.05, 3.63) is 58.5 Å². The maximum absolute atomic E-state index is 12.5. The smallest absolute Gasteiger partial charge is 0.274 e. The van der Waals surface area contributed by atoms with Crippen LogP contribution in [0.2, 0.25) is 0 Å². The first-order valence-electron chi connectivity index (χ1n) is 8.37. The van der Waals surface area contributed by atoms with E-state index in [1.165, 1.54) is 16.8 Å². The van der Waals surface area contributed by atoms with Crippen LogP contribution in [-0.4, -0.2) is 64.8 Å². The molecule has 1 aliphatic rings. The van der Waals surface area contributed by atoms with Gasteiger partial charge in [-0.3, -0.25) is 14.5 Å². The molecule has 1 fully saturated rings. The lowest BCUT2D eigenvalue weighted by Gasteiger charge is -2.34. The zero-order valence-corrected chi connectivity index (χ0v) is 14.3. The van der Waals surface area contributed by atoms with Crippen LogP contribution in [-0.2, 0) is 7.05 Å². The second-order valence-corrected chi connectivity index (χ2v) is 5.98. The highest BCUT2D eigenvalue weighted by molar-refractivity contribution is 5.92. The number of carbonyl (C=O) groups excluding carboxylic acids is 1. The highest BCUT2D eigenvalue weighted by atomic mass is 16.5. The summed E-state index contributed by atoms with van der Waals surface area (Å²) in [6, 6.07) is 12.6. The summed E-state index contributed by atoms with van der Waals surface area (Å²) >= 11 is 0. The predicted octanol–water partition coefficient (Wildman–Crippen LogP) is 0.617. The van der Waals surface area contributed by atoms with Gasteiger partial charge in [-0.25, -0.2) is 4.68 Å². The predicted molar refractivity (Wildman–Crippen MR) is 93.8 cm³/mol. The maximum Gasteiger partial charge on any atom is 0.274 e. The topological polar surface area (TPSA) is 67.7 Å². The fraction of sp³-hybridized carbons (Fsp3) is 0.389. The number of aromatic nitrogens is 2. The van der Waals surface area contributed by atoms with E-state index in [-0.39, 0.29) is 11.5 Å². The highest BCUT2D eigenvalue weighted by Crippen LogP contribution is 2.09. The van der Waals surface area contributed by atoms with E-state index in [0.717, 1.165) is 25.4 Å². The Kier molecular flexibility index (Phi) is 5.45. The van der Waals surface area contributed by atoms with Crippen molar-refractivity contribution in [1.82, 2.24) is 19.6 Å². The number of amides is 1. The Labute approximate surface area is 146 Å². The molecule has 0 bridgehead atoms. The first kappa shape index (κ1) is 17.2. The quantitative estimate of drug-likeness (QED) is 0.797. The molecule has 2 heterocycles. The van der Waals surface area contributed by atoms with Crippen molar-refractivity contribution in [2.24, 2.45) is 7.05 Å². The number of hydrogen-bond acceptors (Lipinski definition) is 5. The van der Waals surface area contributed by atoms with Crippen LogP contribution >= 0.6 is 0 Å². The van der Waals surface area contributed by atoms with Crippen LogP contribution in [0.3, 0.4) is 0 Å². The molecule has 7 heteroatoms. The Morgan fingerprint density at radius 1 is 1.08 bits per heavy atom. The van der Waals surface area contributed by atoms with Gasteiger partial charge in [-0.05, 0) is 18.2 Å². The van der Waals surface area contributed by atoms with Crippen molar-refractivity contribution in [2.45, 2.75) is 0 Å². The summed E-state index contributed by atoms with van der Waals surface area (Å²) in [6.07, 6.45) is 0. The lowest BCUT2D eigenvalue weighted by Crippen LogP contribution is -2.49. The van der Waals surface area contributed by atoms with Gasteiger partial charge < -0.3 is 9.64 Å². The minimum Gasteiger partial charge on any atom is -0.492 e. The summed E-state index contributed by atoms with van der Waals surface area (Å²) in [5, 5.41) is 4.03. The summed E-state index contributed by atoms with van der Waals surface area (Å²) in [4.78, 5) is 27.9. The van der Waals surface area contributed by atoms with Gasteiger partial charge in [-0.2, -0.15) is 5.10 Å². The molecule has 0 unspecified atom stereocenters. The number of aryl methyl sites for hydroxylation is 1. The van der Waals surface area contributed by atoms with Gasteiger partial charge in [0.1, 0.15) is 18.1 Å². The summed E-state index contributed by atoms with van der Waals surface area (Å²) in [5.74, 6) is 0.743. The fourth-order valence-electron chi connectivity index (χ4n) is 2.76. The Morgan fingerprint density at radius 3 is 2.48 bits per heavy atom. The number of hydrogen-bond donors (Lipinski definition) is 0. The van der Waals surface area contributed by atoms with Crippen LogP contribution in [0, 0.1) is 0 Å². The SMILES string of the molecule is Cn1nc(C(=O)N2CCN(CCOc3ccccc3)CC2)ccc1=O. The zero-order valence-electron chi connectivity index (χ0n) is 14.3. The summed E-state index contributed by atoms with van der Waals surface area (Å²) in [5.41, 5.74) is 0.0859. The molecule has 0 saturated carbocycles. The summed E-state index contributed by atoms with van der Waals surface area (Å²) in [6.45, 7) is 4.35. The number of para-hydroxylation sites is 1. The molecule has 1 aromatic heterocycles. The largest absolute Gasteiger partial charge is 0.492 e. The van der Waals surface area contributed by atoms with Gasteiger partial charge >= 0.3 is 0 Å². The molecule has 7 nitrogen and oxygen atoms in total. The van der Waals surface area contributed by atoms with Crippen LogP contribution in [0.1, 0.15) is 10.5 Å². The third kappa shape index (κ3) is 4.45. The van der Waals surface area contributed by atoms with Gasteiger partial charge in [0.05, 0.1) is 0 Å².